The summed E-state index contributed by atoms with van der Waals surface area (Å²) in [6.07, 6.45) is 0. The topological polar surface area (TPSA) is 38.7 Å². The quantitative estimate of drug-likeness (QED) is 0.885. The Hall–Kier alpha value is -0.740. The zero-order valence-corrected chi connectivity index (χ0v) is 9.37. The van der Waals surface area contributed by atoms with Gasteiger partial charge in [0.2, 0.25) is 6.79 Å². The molecule has 0 aliphatic carbocycles. The van der Waals surface area contributed by atoms with E-state index in [1.807, 2.05) is 19.1 Å². The van der Waals surface area contributed by atoms with Crippen molar-refractivity contribution in [2.75, 3.05) is 13.4 Å². The molecule has 0 bridgehead atoms. The van der Waals surface area contributed by atoms with E-state index in [0.29, 0.717) is 0 Å². The first-order valence-electron chi connectivity index (χ1n) is 4.42. The van der Waals surface area contributed by atoms with E-state index in [9.17, 15) is 0 Å². The summed E-state index contributed by atoms with van der Waals surface area (Å²) in [5.74, 6) is 1.60. The lowest BCUT2D eigenvalue weighted by Crippen LogP contribution is -1.99. The molecule has 4 heteroatoms. The summed E-state index contributed by atoms with van der Waals surface area (Å²) in [5, 5.41) is 9.07. The molecule has 1 N–H and O–H groups in total. The summed E-state index contributed by atoms with van der Waals surface area (Å²) in [5.41, 5.74) is 1.04. The first-order valence-corrected chi connectivity index (χ1v) is 5.21. The highest BCUT2D eigenvalue weighted by molar-refractivity contribution is 9.10. The Balaban J connectivity index is 2.42. The fourth-order valence-electron chi connectivity index (χ4n) is 1.41. The smallest absolute Gasteiger partial charge is 0.231 e. The van der Waals surface area contributed by atoms with Crippen molar-refractivity contribution in [2.45, 2.75) is 12.8 Å². The van der Waals surface area contributed by atoms with Gasteiger partial charge in [-0.05, 0) is 17.7 Å². The highest BCUT2D eigenvalue weighted by atomic mass is 79.9. The summed E-state index contributed by atoms with van der Waals surface area (Å²) in [7, 11) is 0. The van der Waals surface area contributed by atoms with E-state index < -0.39 is 0 Å². The molecule has 1 aromatic carbocycles. The van der Waals surface area contributed by atoms with Gasteiger partial charge in [-0.3, -0.25) is 0 Å². The van der Waals surface area contributed by atoms with Crippen molar-refractivity contribution in [2.24, 2.45) is 0 Å². The van der Waals surface area contributed by atoms with Gasteiger partial charge >= 0.3 is 0 Å². The minimum atomic E-state index is 0.0962. The van der Waals surface area contributed by atoms with Crippen molar-refractivity contribution < 1.29 is 14.6 Å². The van der Waals surface area contributed by atoms with E-state index in [4.69, 9.17) is 14.6 Å². The molecule has 0 saturated carbocycles. The van der Waals surface area contributed by atoms with Gasteiger partial charge in [0.15, 0.2) is 11.5 Å². The monoisotopic (exact) mass is 258 g/mol. The van der Waals surface area contributed by atoms with Crippen LogP contribution in [0.5, 0.6) is 11.5 Å². The van der Waals surface area contributed by atoms with E-state index in [0.717, 1.165) is 21.5 Å². The van der Waals surface area contributed by atoms with Gasteiger partial charge < -0.3 is 14.6 Å². The maximum absolute atomic E-state index is 9.07. The van der Waals surface area contributed by atoms with E-state index in [2.05, 4.69) is 15.9 Å². The van der Waals surface area contributed by atoms with Crippen molar-refractivity contribution >= 4 is 15.9 Å². The number of rotatable bonds is 2. The highest BCUT2D eigenvalue weighted by Crippen LogP contribution is 2.39. The van der Waals surface area contributed by atoms with E-state index in [1.54, 1.807) is 0 Å². The maximum Gasteiger partial charge on any atom is 0.231 e. The Kier molecular flexibility index (Phi) is 2.65. The average Bonchev–Trinajstić information content (AvgIpc) is 2.62. The molecule has 0 saturated heterocycles. The fraction of sp³-hybridized carbons (Fsp3) is 0.400. The Morgan fingerprint density at radius 2 is 2.07 bits per heavy atom. The lowest BCUT2D eigenvalue weighted by atomic mass is 10.0. The Morgan fingerprint density at radius 1 is 1.43 bits per heavy atom. The molecule has 0 aromatic heterocycles. The van der Waals surface area contributed by atoms with Gasteiger partial charge in [-0.25, -0.2) is 0 Å². The second-order valence-corrected chi connectivity index (χ2v) is 4.16. The standard InChI is InChI=1S/C10H11BrO3/c1-6(4-12)7-2-9-10(3-8(7)11)14-5-13-9/h2-3,6,12H,4-5H2,1H3. The van der Waals surface area contributed by atoms with Crippen LogP contribution in [-0.2, 0) is 0 Å². The molecule has 0 spiro atoms. The van der Waals surface area contributed by atoms with Crippen LogP contribution < -0.4 is 9.47 Å². The molecule has 2 rings (SSSR count). The molecule has 1 aliphatic rings. The maximum atomic E-state index is 9.07. The normalized spacial score (nSPS) is 15.6. The molecular formula is C10H11BrO3. The molecule has 0 radical (unpaired) electrons. The van der Waals surface area contributed by atoms with Crippen LogP contribution in [0.25, 0.3) is 0 Å². The Bertz CT molecular complexity index is 351. The molecule has 0 amide bonds. The number of halogens is 1. The molecular weight excluding hydrogens is 248 g/mol. The molecule has 1 unspecified atom stereocenters. The largest absolute Gasteiger partial charge is 0.454 e. The van der Waals surface area contributed by atoms with E-state index in [-0.39, 0.29) is 19.3 Å². The number of hydrogen-bond donors (Lipinski definition) is 1. The van der Waals surface area contributed by atoms with Crippen LogP contribution in [0.3, 0.4) is 0 Å². The van der Waals surface area contributed by atoms with E-state index >= 15 is 0 Å². The van der Waals surface area contributed by atoms with Crippen molar-refractivity contribution in [1.82, 2.24) is 0 Å². The number of aliphatic hydroxyl groups is 1. The van der Waals surface area contributed by atoms with Crippen LogP contribution in [0.2, 0.25) is 0 Å². The molecule has 3 nitrogen and oxygen atoms in total. The number of fused-ring (bicyclic) bond motifs is 1. The number of hydrogen-bond acceptors (Lipinski definition) is 3. The zero-order valence-electron chi connectivity index (χ0n) is 7.79. The average molecular weight is 259 g/mol. The molecule has 0 fully saturated rings. The summed E-state index contributed by atoms with van der Waals surface area (Å²) in [6, 6.07) is 3.79. The third-order valence-corrected chi connectivity index (χ3v) is 2.98. The van der Waals surface area contributed by atoms with Crippen molar-refractivity contribution in [3.8, 4) is 11.5 Å². The number of ether oxygens (including phenoxy) is 2. The molecule has 1 heterocycles. The van der Waals surface area contributed by atoms with Gasteiger partial charge in [-0.15, -0.1) is 0 Å². The van der Waals surface area contributed by atoms with Crippen molar-refractivity contribution in [3.63, 3.8) is 0 Å². The van der Waals surface area contributed by atoms with Crippen LogP contribution in [0.15, 0.2) is 16.6 Å². The minimum absolute atomic E-state index is 0.0962. The van der Waals surface area contributed by atoms with Gasteiger partial charge in [-0.2, -0.15) is 0 Å². The van der Waals surface area contributed by atoms with Gasteiger partial charge in [0, 0.05) is 17.0 Å². The fourth-order valence-corrected chi connectivity index (χ4v) is 2.12. The SMILES string of the molecule is CC(CO)c1cc2c(cc1Br)OCO2. The Labute approximate surface area is 90.8 Å². The molecule has 1 atom stereocenters. The third-order valence-electron chi connectivity index (χ3n) is 2.30. The summed E-state index contributed by atoms with van der Waals surface area (Å²) < 4.78 is 11.4. The predicted molar refractivity (Wildman–Crippen MR) is 55.8 cm³/mol. The zero-order chi connectivity index (χ0) is 10.1. The highest BCUT2D eigenvalue weighted by Gasteiger charge is 2.18. The second-order valence-electron chi connectivity index (χ2n) is 3.31. The lowest BCUT2D eigenvalue weighted by Gasteiger charge is -2.11. The molecule has 1 aliphatic heterocycles. The number of benzene rings is 1. The lowest BCUT2D eigenvalue weighted by molar-refractivity contribution is 0.174. The van der Waals surface area contributed by atoms with Crippen LogP contribution in [0.1, 0.15) is 18.4 Å². The van der Waals surface area contributed by atoms with Crippen molar-refractivity contribution in [3.05, 3.63) is 22.2 Å². The summed E-state index contributed by atoms with van der Waals surface area (Å²) in [6.45, 7) is 2.36. The van der Waals surface area contributed by atoms with Gasteiger partial charge in [-0.1, -0.05) is 22.9 Å². The van der Waals surface area contributed by atoms with Crippen LogP contribution >= 0.6 is 15.9 Å². The van der Waals surface area contributed by atoms with Crippen LogP contribution in [-0.4, -0.2) is 18.5 Å². The van der Waals surface area contributed by atoms with Gasteiger partial charge in [0.05, 0.1) is 0 Å². The molecule has 76 valence electrons. The van der Waals surface area contributed by atoms with Crippen LogP contribution in [0.4, 0.5) is 0 Å². The first kappa shape index (κ1) is 9.80. The van der Waals surface area contributed by atoms with Crippen molar-refractivity contribution in [1.29, 1.82) is 0 Å². The Morgan fingerprint density at radius 3 is 2.71 bits per heavy atom. The minimum Gasteiger partial charge on any atom is -0.454 e. The predicted octanol–water partition coefficient (Wildman–Crippen LogP) is 2.27. The summed E-state index contributed by atoms with van der Waals surface area (Å²) in [4.78, 5) is 0. The van der Waals surface area contributed by atoms with Crippen LogP contribution in [0, 0.1) is 0 Å². The summed E-state index contributed by atoms with van der Waals surface area (Å²) >= 11 is 3.44. The molecule has 1 aromatic rings. The van der Waals surface area contributed by atoms with Gasteiger partial charge in [0.1, 0.15) is 0 Å². The first-order chi connectivity index (χ1) is 6.72. The second kappa shape index (κ2) is 3.79. The molecule has 14 heavy (non-hydrogen) atoms. The third kappa shape index (κ3) is 1.60. The van der Waals surface area contributed by atoms with Gasteiger partial charge in [0.25, 0.3) is 0 Å². The van der Waals surface area contributed by atoms with E-state index in [1.165, 1.54) is 0 Å². The number of aliphatic hydroxyl groups excluding tert-OH is 1.